The summed E-state index contributed by atoms with van der Waals surface area (Å²) >= 11 is 7.90. The number of halogens is 1. The topological polar surface area (TPSA) is 64.2 Å². The highest BCUT2D eigenvalue weighted by Gasteiger charge is 2.41. The summed E-state index contributed by atoms with van der Waals surface area (Å²) in [4.78, 5) is 9.98. The molecule has 3 heterocycles. The maximum atomic E-state index is 9.46. The first-order valence-electron chi connectivity index (χ1n) is 7.48. The van der Waals surface area contributed by atoms with Gasteiger partial charge in [0.2, 0.25) is 0 Å². The Labute approximate surface area is 154 Å². The van der Waals surface area contributed by atoms with Crippen LogP contribution in [0.5, 0.6) is 0 Å². The van der Waals surface area contributed by atoms with E-state index in [0.717, 1.165) is 17.1 Å². The second kappa shape index (κ2) is 6.74. The van der Waals surface area contributed by atoms with E-state index in [1.165, 1.54) is 9.13 Å². The number of aliphatic hydroxyl groups excluding tert-OH is 1. The number of β-amino-alcohol motifs (C(OH)–C–C–N with tert-alkyl or cyclic N) is 1. The molecule has 0 unspecified atom stereocenters. The van der Waals surface area contributed by atoms with Crippen molar-refractivity contribution in [2.75, 3.05) is 13.2 Å². The quantitative estimate of drug-likeness (QED) is 0.502. The molecule has 1 aliphatic rings. The van der Waals surface area contributed by atoms with Crippen molar-refractivity contribution in [3.05, 3.63) is 50.6 Å². The zero-order chi connectivity index (χ0) is 16.6. The summed E-state index contributed by atoms with van der Waals surface area (Å²) in [5.74, 6) is 0. The zero-order valence-electron chi connectivity index (χ0n) is 13.0. The van der Waals surface area contributed by atoms with Crippen molar-refractivity contribution in [3.8, 4) is 0 Å². The predicted molar refractivity (Wildman–Crippen MR) is 102 cm³/mol. The average Bonchev–Trinajstić information content (AvgIpc) is 2.98. The van der Waals surface area contributed by atoms with Crippen LogP contribution in [-0.2, 0) is 0 Å². The van der Waals surface area contributed by atoms with Crippen LogP contribution in [0.1, 0.15) is 34.7 Å². The normalized spacial score (nSPS) is 20.9. The molecule has 0 amide bonds. The van der Waals surface area contributed by atoms with Crippen molar-refractivity contribution < 1.29 is 5.11 Å². The van der Waals surface area contributed by atoms with Crippen LogP contribution in [0.25, 0.3) is 0 Å². The molecule has 0 radical (unpaired) electrons. The van der Waals surface area contributed by atoms with Gasteiger partial charge < -0.3 is 20.3 Å². The van der Waals surface area contributed by atoms with Crippen LogP contribution in [0.4, 0.5) is 0 Å². The van der Waals surface area contributed by atoms with E-state index in [1.807, 2.05) is 18.2 Å². The van der Waals surface area contributed by atoms with Crippen LogP contribution in [0.2, 0.25) is 0 Å². The van der Waals surface area contributed by atoms with Crippen molar-refractivity contribution in [3.63, 3.8) is 0 Å². The lowest BCUT2D eigenvalue weighted by molar-refractivity contribution is 0.222. The van der Waals surface area contributed by atoms with Crippen LogP contribution >= 0.6 is 34.8 Å². The van der Waals surface area contributed by atoms with E-state index < -0.39 is 0 Å². The smallest absolute Gasteiger partial charge is 0.170 e. The number of H-pyrrole nitrogens is 1. The molecule has 3 N–H and O–H groups in total. The van der Waals surface area contributed by atoms with Gasteiger partial charge in [-0.3, -0.25) is 4.98 Å². The highest BCUT2D eigenvalue weighted by Crippen LogP contribution is 2.42. The number of nitrogens with one attached hydrogen (secondary N) is 2. The van der Waals surface area contributed by atoms with Crippen molar-refractivity contribution in [1.29, 1.82) is 0 Å². The average molecular weight is 442 g/mol. The number of aliphatic hydroxyl groups is 1. The molecule has 23 heavy (non-hydrogen) atoms. The highest BCUT2D eigenvalue weighted by molar-refractivity contribution is 14.1. The Kier molecular flexibility index (Phi) is 4.88. The van der Waals surface area contributed by atoms with Crippen LogP contribution in [-0.4, -0.2) is 38.2 Å². The van der Waals surface area contributed by atoms with Gasteiger partial charge in [-0.1, -0.05) is 6.07 Å². The van der Waals surface area contributed by atoms with E-state index in [2.05, 4.69) is 56.6 Å². The van der Waals surface area contributed by atoms with E-state index in [4.69, 9.17) is 12.2 Å². The maximum absolute atomic E-state index is 9.46. The third kappa shape index (κ3) is 2.97. The first kappa shape index (κ1) is 16.7. The third-order valence-corrected chi connectivity index (χ3v) is 5.92. The lowest BCUT2D eigenvalue weighted by atomic mass is 9.97. The van der Waals surface area contributed by atoms with Gasteiger partial charge in [-0.2, -0.15) is 0 Å². The summed E-state index contributed by atoms with van der Waals surface area (Å²) in [6.07, 6.45) is 1.80. The molecule has 1 saturated heterocycles. The van der Waals surface area contributed by atoms with Crippen LogP contribution in [0.3, 0.4) is 0 Å². The van der Waals surface area contributed by atoms with Crippen molar-refractivity contribution >= 4 is 39.9 Å². The summed E-state index contributed by atoms with van der Waals surface area (Å²) in [6.45, 7) is 4.72. The lowest BCUT2D eigenvalue weighted by Gasteiger charge is -2.27. The lowest BCUT2D eigenvalue weighted by Crippen LogP contribution is -2.32. The second-order valence-electron chi connectivity index (χ2n) is 5.65. The van der Waals surface area contributed by atoms with E-state index in [1.54, 1.807) is 6.20 Å². The zero-order valence-corrected chi connectivity index (χ0v) is 16.0. The fourth-order valence-electron chi connectivity index (χ4n) is 3.19. The van der Waals surface area contributed by atoms with Gasteiger partial charge in [-0.25, -0.2) is 0 Å². The molecule has 3 rings (SSSR count). The van der Waals surface area contributed by atoms with Gasteiger partial charge in [0.05, 0.1) is 24.4 Å². The number of hydrogen-bond donors (Lipinski definition) is 3. The molecular weight excluding hydrogens is 423 g/mol. The Morgan fingerprint density at radius 2 is 2.13 bits per heavy atom. The monoisotopic (exact) mass is 442 g/mol. The number of hydrogen-bond acceptors (Lipinski definition) is 3. The molecule has 2 aromatic heterocycles. The van der Waals surface area contributed by atoms with Gasteiger partial charge in [0.15, 0.2) is 5.11 Å². The second-order valence-corrected chi connectivity index (χ2v) is 7.11. The van der Waals surface area contributed by atoms with Crippen molar-refractivity contribution in [2.24, 2.45) is 0 Å². The number of thiocarbonyl (C=S) groups is 1. The minimum atomic E-state index is -0.0299. The standard InChI is InChI=1S/C16H19IN4OS/c1-9-12(13(17)10(2)19-9)15-14(11-5-3-4-6-18-11)20-16(23)21(15)7-8-22/h3-6,14-15,19,22H,7-8H2,1-2H3,(H,20,23)/t14-,15-/m1/s1. The molecule has 0 spiro atoms. The number of nitrogens with zero attached hydrogens (tertiary/aromatic N) is 2. The summed E-state index contributed by atoms with van der Waals surface area (Å²) in [5.41, 5.74) is 4.46. The van der Waals surface area contributed by atoms with Crippen molar-refractivity contribution in [2.45, 2.75) is 25.9 Å². The molecule has 5 nitrogen and oxygen atoms in total. The van der Waals surface area contributed by atoms with Crippen molar-refractivity contribution in [1.82, 2.24) is 20.2 Å². The highest BCUT2D eigenvalue weighted by atomic mass is 127. The van der Waals surface area contributed by atoms with Gasteiger partial charge in [0, 0.05) is 33.3 Å². The Bertz CT molecular complexity index is 718. The summed E-state index contributed by atoms with van der Waals surface area (Å²) in [6, 6.07) is 5.89. The molecule has 0 aromatic carbocycles. The van der Waals surface area contributed by atoms with E-state index in [0.29, 0.717) is 11.7 Å². The van der Waals surface area contributed by atoms with E-state index >= 15 is 0 Å². The molecule has 0 aliphatic carbocycles. The third-order valence-electron chi connectivity index (χ3n) is 4.18. The number of rotatable bonds is 4. The van der Waals surface area contributed by atoms with Gasteiger partial charge in [0.1, 0.15) is 0 Å². The number of pyridine rings is 1. The first-order chi connectivity index (χ1) is 11.0. The molecule has 2 aromatic rings. The molecule has 0 saturated carbocycles. The van der Waals surface area contributed by atoms with Gasteiger partial charge in [-0.15, -0.1) is 0 Å². The Morgan fingerprint density at radius 1 is 1.35 bits per heavy atom. The first-order valence-corrected chi connectivity index (χ1v) is 8.96. The van der Waals surface area contributed by atoms with Crippen LogP contribution < -0.4 is 5.32 Å². The summed E-state index contributed by atoms with van der Waals surface area (Å²) in [5, 5.41) is 13.5. The molecule has 1 fully saturated rings. The number of aromatic nitrogens is 2. The summed E-state index contributed by atoms with van der Waals surface area (Å²) in [7, 11) is 0. The van der Waals surface area contributed by atoms with Gasteiger partial charge >= 0.3 is 0 Å². The van der Waals surface area contributed by atoms with Crippen LogP contribution in [0, 0.1) is 17.4 Å². The van der Waals surface area contributed by atoms with E-state index in [-0.39, 0.29) is 18.7 Å². The Balaban J connectivity index is 2.11. The fraction of sp³-hybridized carbons (Fsp3) is 0.375. The molecule has 7 heteroatoms. The fourth-order valence-corrected chi connectivity index (χ4v) is 4.38. The molecule has 1 aliphatic heterocycles. The van der Waals surface area contributed by atoms with E-state index in [9.17, 15) is 5.11 Å². The Hall–Kier alpha value is -1.19. The molecule has 122 valence electrons. The SMILES string of the molecule is Cc1[nH]c(C)c([C@@H]2[C@@H](c3ccccn3)NC(=S)N2CCO)c1I. The minimum Gasteiger partial charge on any atom is -0.395 e. The van der Waals surface area contributed by atoms with Gasteiger partial charge in [0.25, 0.3) is 0 Å². The summed E-state index contributed by atoms with van der Waals surface area (Å²) < 4.78 is 1.21. The van der Waals surface area contributed by atoms with Gasteiger partial charge in [-0.05, 0) is 60.8 Å². The van der Waals surface area contributed by atoms with Crippen LogP contribution in [0.15, 0.2) is 24.4 Å². The molecular formula is C16H19IN4OS. The number of aryl methyl sites for hydroxylation is 2. The predicted octanol–water partition coefficient (Wildman–Crippen LogP) is 2.60. The number of aromatic amines is 1. The maximum Gasteiger partial charge on any atom is 0.170 e. The minimum absolute atomic E-state index is 0.0152. The molecule has 2 atom stereocenters. The molecule has 0 bridgehead atoms. The largest absolute Gasteiger partial charge is 0.395 e. The Morgan fingerprint density at radius 3 is 2.70 bits per heavy atom.